The number of nitrogens with one attached hydrogen (secondary N) is 1. The van der Waals surface area contributed by atoms with E-state index in [2.05, 4.69) is 17.3 Å². The third-order valence-electron chi connectivity index (χ3n) is 2.85. The highest BCUT2D eigenvalue weighted by atomic mass is 16.5. The number of likely N-dealkylation sites (N-methyl/N-ethyl adjacent to an activating group) is 1. The lowest BCUT2D eigenvalue weighted by atomic mass is 10.3. The number of carbonyl (C=O) groups excluding carboxylic acids is 1. The van der Waals surface area contributed by atoms with Crippen LogP contribution in [0.15, 0.2) is 0 Å². The standard InChI is InChI=1S/C11H23N3O2/c1-13-6-8-14(9-7-13)11(15)3-4-12-5-10-16-2/h12H,3-10H2,1-2H3. The summed E-state index contributed by atoms with van der Waals surface area (Å²) in [6, 6.07) is 0. The summed E-state index contributed by atoms with van der Waals surface area (Å²) < 4.78 is 4.91. The Bertz CT molecular complexity index is 203. The summed E-state index contributed by atoms with van der Waals surface area (Å²) in [6.07, 6.45) is 0.591. The van der Waals surface area contributed by atoms with E-state index in [1.807, 2.05) is 4.90 Å². The van der Waals surface area contributed by atoms with Crippen LogP contribution < -0.4 is 5.32 Å². The lowest BCUT2D eigenvalue weighted by molar-refractivity contribution is -0.132. The molecule has 0 saturated carbocycles. The predicted octanol–water partition coefficient (Wildman–Crippen LogP) is -0.613. The number of ether oxygens (including phenoxy) is 1. The molecule has 94 valence electrons. The molecule has 5 nitrogen and oxygen atoms in total. The molecule has 1 rings (SSSR count). The number of methoxy groups -OCH3 is 1. The Balaban J connectivity index is 2.06. The Morgan fingerprint density at radius 1 is 1.25 bits per heavy atom. The molecule has 1 amide bonds. The summed E-state index contributed by atoms with van der Waals surface area (Å²) in [7, 11) is 3.77. The molecule has 1 fully saturated rings. The van der Waals surface area contributed by atoms with Crippen LogP contribution in [0.1, 0.15) is 6.42 Å². The molecule has 0 spiro atoms. The van der Waals surface area contributed by atoms with Gasteiger partial charge in [0.05, 0.1) is 6.61 Å². The van der Waals surface area contributed by atoms with Gasteiger partial charge in [0, 0.05) is 52.8 Å². The fourth-order valence-corrected chi connectivity index (χ4v) is 1.71. The van der Waals surface area contributed by atoms with E-state index in [1.54, 1.807) is 7.11 Å². The zero-order valence-electron chi connectivity index (χ0n) is 10.4. The minimum Gasteiger partial charge on any atom is -0.383 e. The highest BCUT2D eigenvalue weighted by Crippen LogP contribution is 2.01. The number of hydrogen-bond donors (Lipinski definition) is 1. The molecule has 0 atom stereocenters. The van der Waals surface area contributed by atoms with Gasteiger partial charge >= 0.3 is 0 Å². The topological polar surface area (TPSA) is 44.8 Å². The van der Waals surface area contributed by atoms with Crippen LogP contribution in [0.25, 0.3) is 0 Å². The Labute approximate surface area is 97.7 Å². The van der Waals surface area contributed by atoms with Crippen molar-refractivity contribution in [3.8, 4) is 0 Å². The van der Waals surface area contributed by atoms with Gasteiger partial charge in [-0.3, -0.25) is 4.79 Å². The van der Waals surface area contributed by atoms with Crippen LogP contribution >= 0.6 is 0 Å². The van der Waals surface area contributed by atoms with Gasteiger partial charge in [-0.05, 0) is 7.05 Å². The van der Waals surface area contributed by atoms with Gasteiger partial charge in [0.15, 0.2) is 0 Å². The average molecular weight is 229 g/mol. The minimum absolute atomic E-state index is 0.262. The van der Waals surface area contributed by atoms with Crippen molar-refractivity contribution >= 4 is 5.91 Å². The van der Waals surface area contributed by atoms with Gasteiger partial charge in [-0.25, -0.2) is 0 Å². The van der Waals surface area contributed by atoms with Gasteiger partial charge in [0.25, 0.3) is 0 Å². The molecule has 5 heteroatoms. The molecule has 1 heterocycles. The first-order chi connectivity index (χ1) is 7.74. The highest BCUT2D eigenvalue weighted by molar-refractivity contribution is 5.76. The Morgan fingerprint density at radius 3 is 2.56 bits per heavy atom. The smallest absolute Gasteiger partial charge is 0.223 e. The van der Waals surface area contributed by atoms with Crippen LogP contribution in [0.4, 0.5) is 0 Å². The zero-order valence-corrected chi connectivity index (χ0v) is 10.4. The van der Waals surface area contributed by atoms with Crippen LogP contribution in [0.5, 0.6) is 0 Å². The number of nitrogens with zero attached hydrogens (tertiary/aromatic N) is 2. The normalized spacial score (nSPS) is 17.8. The Morgan fingerprint density at radius 2 is 1.94 bits per heavy atom. The summed E-state index contributed by atoms with van der Waals surface area (Å²) in [5.74, 6) is 0.262. The SMILES string of the molecule is COCCNCCC(=O)N1CCN(C)CC1. The van der Waals surface area contributed by atoms with Gasteiger partial charge in [0.2, 0.25) is 5.91 Å². The molecule has 1 aliphatic heterocycles. The molecule has 1 aliphatic rings. The number of hydrogen-bond acceptors (Lipinski definition) is 4. The second kappa shape index (κ2) is 7.60. The van der Waals surface area contributed by atoms with Crippen molar-refractivity contribution in [3.63, 3.8) is 0 Å². The second-order valence-electron chi connectivity index (χ2n) is 4.18. The van der Waals surface area contributed by atoms with Crippen molar-refractivity contribution in [2.24, 2.45) is 0 Å². The van der Waals surface area contributed by atoms with Crippen LogP contribution in [0.3, 0.4) is 0 Å². The third-order valence-corrected chi connectivity index (χ3v) is 2.85. The van der Waals surface area contributed by atoms with Crippen molar-refractivity contribution in [3.05, 3.63) is 0 Å². The van der Waals surface area contributed by atoms with Gasteiger partial charge in [-0.1, -0.05) is 0 Å². The van der Waals surface area contributed by atoms with Crippen molar-refractivity contribution < 1.29 is 9.53 Å². The zero-order chi connectivity index (χ0) is 11.8. The van der Waals surface area contributed by atoms with Gasteiger partial charge < -0.3 is 19.9 Å². The summed E-state index contributed by atoms with van der Waals surface area (Å²) in [6.45, 7) is 5.97. The van der Waals surface area contributed by atoms with Crippen molar-refractivity contribution in [1.82, 2.24) is 15.1 Å². The van der Waals surface area contributed by atoms with E-state index in [0.717, 1.165) is 39.3 Å². The molecule has 1 N–H and O–H groups in total. The number of amides is 1. The molecule has 1 saturated heterocycles. The molecular formula is C11H23N3O2. The van der Waals surface area contributed by atoms with Crippen LogP contribution in [0.2, 0.25) is 0 Å². The molecule has 0 radical (unpaired) electrons. The molecule has 0 aromatic carbocycles. The maximum atomic E-state index is 11.8. The maximum Gasteiger partial charge on any atom is 0.223 e. The van der Waals surface area contributed by atoms with Crippen LogP contribution in [-0.2, 0) is 9.53 Å². The summed E-state index contributed by atoms with van der Waals surface area (Å²) >= 11 is 0. The van der Waals surface area contributed by atoms with E-state index in [4.69, 9.17) is 4.74 Å². The molecular weight excluding hydrogens is 206 g/mol. The van der Waals surface area contributed by atoms with E-state index >= 15 is 0 Å². The first-order valence-electron chi connectivity index (χ1n) is 5.90. The fourth-order valence-electron chi connectivity index (χ4n) is 1.71. The molecule has 0 bridgehead atoms. The quantitative estimate of drug-likeness (QED) is 0.617. The molecule has 0 aromatic heterocycles. The third kappa shape index (κ3) is 4.92. The number of piperazine rings is 1. The Hall–Kier alpha value is -0.650. The van der Waals surface area contributed by atoms with E-state index in [0.29, 0.717) is 13.0 Å². The largest absolute Gasteiger partial charge is 0.383 e. The summed E-state index contributed by atoms with van der Waals surface area (Å²) in [5, 5.41) is 3.18. The van der Waals surface area contributed by atoms with Crippen LogP contribution in [0, 0.1) is 0 Å². The van der Waals surface area contributed by atoms with E-state index in [-0.39, 0.29) is 5.91 Å². The monoisotopic (exact) mass is 229 g/mol. The minimum atomic E-state index is 0.262. The maximum absolute atomic E-state index is 11.8. The van der Waals surface area contributed by atoms with Gasteiger partial charge in [-0.15, -0.1) is 0 Å². The summed E-state index contributed by atoms with van der Waals surface area (Å²) in [5.41, 5.74) is 0. The van der Waals surface area contributed by atoms with E-state index < -0.39 is 0 Å². The van der Waals surface area contributed by atoms with Gasteiger partial charge in [0.1, 0.15) is 0 Å². The molecule has 0 unspecified atom stereocenters. The van der Waals surface area contributed by atoms with E-state index in [1.165, 1.54) is 0 Å². The van der Waals surface area contributed by atoms with Crippen molar-refractivity contribution in [1.29, 1.82) is 0 Å². The molecule has 0 aliphatic carbocycles. The fraction of sp³-hybridized carbons (Fsp3) is 0.909. The summed E-state index contributed by atoms with van der Waals surface area (Å²) in [4.78, 5) is 16.0. The first kappa shape index (κ1) is 13.4. The lowest BCUT2D eigenvalue weighted by Crippen LogP contribution is -2.47. The Kier molecular flexibility index (Phi) is 6.37. The average Bonchev–Trinajstić information content (AvgIpc) is 2.29. The van der Waals surface area contributed by atoms with Crippen molar-refractivity contribution in [2.75, 3.05) is 60.0 Å². The van der Waals surface area contributed by atoms with Crippen LogP contribution in [-0.4, -0.2) is 75.7 Å². The predicted molar refractivity (Wildman–Crippen MR) is 63.4 cm³/mol. The molecule has 0 aromatic rings. The number of carbonyl (C=O) groups is 1. The lowest BCUT2D eigenvalue weighted by Gasteiger charge is -2.32. The van der Waals surface area contributed by atoms with E-state index in [9.17, 15) is 4.79 Å². The second-order valence-corrected chi connectivity index (χ2v) is 4.18. The first-order valence-corrected chi connectivity index (χ1v) is 5.90. The highest BCUT2D eigenvalue weighted by Gasteiger charge is 2.17. The van der Waals surface area contributed by atoms with Gasteiger partial charge in [-0.2, -0.15) is 0 Å². The number of rotatable bonds is 6. The molecule has 16 heavy (non-hydrogen) atoms. The van der Waals surface area contributed by atoms with Crippen molar-refractivity contribution in [2.45, 2.75) is 6.42 Å².